The third kappa shape index (κ3) is 4.83. The largest absolute Gasteiger partial charge is 0.481 e. The summed E-state index contributed by atoms with van der Waals surface area (Å²) >= 11 is 5.83. The van der Waals surface area contributed by atoms with E-state index < -0.39 is 6.10 Å². The first-order valence-electron chi connectivity index (χ1n) is 7.86. The Morgan fingerprint density at radius 3 is 2.12 bits per heavy atom. The van der Waals surface area contributed by atoms with E-state index in [0.29, 0.717) is 28.4 Å². The molecule has 0 radical (unpaired) electrons. The van der Waals surface area contributed by atoms with Crippen LogP contribution in [0.15, 0.2) is 48.5 Å². The van der Waals surface area contributed by atoms with Crippen molar-refractivity contribution in [3.63, 3.8) is 0 Å². The maximum atomic E-state index is 12.4. The van der Waals surface area contributed by atoms with Gasteiger partial charge in [0.1, 0.15) is 5.75 Å². The molecule has 0 spiro atoms. The second kappa shape index (κ2) is 8.50. The second-order valence-electron chi connectivity index (χ2n) is 5.41. The van der Waals surface area contributed by atoms with E-state index in [9.17, 15) is 9.59 Å². The number of hydrogen-bond donors (Lipinski definition) is 1. The van der Waals surface area contributed by atoms with E-state index in [4.69, 9.17) is 16.3 Å². The molecule has 24 heavy (non-hydrogen) atoms. The topological polar surface area (TPSA) is 55.4 Å². The number of ether oxygens (including phenoxy) is 1. The minimum absolute atomic E-state index is 0.0908. The number of amides is 1. The Labute approximate surface area is 146 Å². The van der Waals surface area contributed by atoms with Crippen molar-refractivity contribution in [1.82, 2.24) is 5.32 Å². The van der Waals surface area contributed by atoms with Crippen molar-refractivity contribution >= 4 is 23.3 Å². The number of benzene rings is 2. The van der Waals surface area contributed by atoms with Crippen molar-refractivity contribution in [3.05, 3.63) is 64.7 Å². The molecule has 2 rings (SSSR count). The van der Waals surface area contributed by atoms with E-state index in [2.05, 4.69) is 5.32 Å². The molecule has 0 aromatic heterocycles. The molecule has 1 amide bonds. The minimum Gasteiger partial charge on any atom is -0.481 e. The van der Waals surface area contributed by atoms with Crippen molar-refractivity contribution in [3.8, 4) is 5.75 Å². The lowest BCUT2D eigenvalue weighted by Crippen LogP contribution is -2.36. The van der Waals surface area contributed by atoms with Crippen LogP contribution in [0.5, 0.6) is 5.75 Å². The molecule has 1 atom stereocenters. The summed E-state index contributed by atoms with van der Waals surface area (Å²) in [6.45, 7) is 4.31. The summed E-state index contributed by atoms with van der Waals surface area (Å²) in [4.78, 5) is 24.2. The van der Waals surface area contributed by atoms with Crippen LogP contribution in [-0.2, 0) is 4.79 Å². The van der Waals surface area contributed by atoms with Gasteiger partial charge in [-0.15, -0.1) is 0 Å². The monoisotopic (exact) mass is 345 g/mol. The molecule has 0 saturated heterocycles. The molecular formula is C19H20ClNO3. The summed E-state index contributed by atoms with van der Waals surface area (Å²) < 4.78 is 5.59. The highest BCUT2D eigenvalue weighted by Gasteiger charge is 2.14. The van der Waals surface area contributed by atoms with Crippen molar-refractivity contribution in [2.24, 2.45) is 0 Å². The molecule has 0 unspecified atom stereocenters. The van der Waals surface area contributed by atoms with E-state index >= 15 is 0 Å². The van der Waals surface area contributed by atoms with Crippen LogP contribution in [0.2, 0.25) is 5.02 Å². The second-order valence-corrected chi connectivity index (χ2v) is 5.85. The standard InChI is InChI=1S/C19H20ClNO3/c1-3-12-21-19(23)13(2)24-17-10-6-15(7-11-17)18(22)14-4-8-16(20)9-5-14/h4-11,13H,3,12H2,1-2H3,(H,21,23)/t13-/m0/s1. The van der Waals surface area contributed by atoms with Gasteiger partial charge in [0.2, 0.25) is 0 Å². The van der Waals surface area contributed by atoms with Crippen molar-refractivity contribution in [1.29, 1.82) is 0 Å². The molecule has 1 N–H and O–H groups in total. The lowest BCUT2D eigenvalue weighted by atomic mass is 10.0. The molecule has 0 aliphatic carbocycles. The number of hydrogen-bond acceptors (Lipinski definition) is 3. The van der Waals surface area contributed by atoms with Crippen molar-refractivity contribution in [2.75, 3.05) is 6.54 Å². The van der Waals surface area contributed by atoms with Gasteiger partial charge in [0, 0.05) is 22.7 Å². The van der Waals surface area contributed by atoms with Gasteiger partial charge in [-0.25, -0.2) is 0 Å². The molecular weight excluding hydrogens is 326 g/mol. The number of halogens is 1. The highest BCUT2D eigenvalue weighted by molar-refractivity contribution is 6.30. The fourth-order valence-electron chi connectivity index (χ4n) is 2.10. The molecule has 2 aromatic carbocycles. The SMILES string of the molecule is CCCNC(=O)[C@H](C)Oc1ccc(C(=O)c2ccc(Cl)cc2)cc1. The molecule has 0 aliphatic rings. The Hall–Kier alpha value is -2.33. The van der Waals surface area contributed by atoms with Crippen LogP contribution in [0, 0.1) is 0 Å². The predicted molar refractivity (Wildman–Crippen MR) is 94.7 cm³/mol. The van der Waals surface area contributed by atoms with E-state index in [0.717, 1.165) is 6.42 Å². The molecule has 4 nitrogen and oxygen atoms in total. The van der Waals surface area contributed by atoms with E-state index in [1.54, 1.807) is 55.5 Å². The molecule has 0 fully saturated rings. The zero-order valence-corrected chi connectivity index (χ0v) is 14.5. The smallest absolute Gasteiger partial charge is 0.260 e. The summed E-state index contributed by atoms with van der Waals surface area (Å²) in [7, 11) is 0. The van der Waals surface area contributed by atoms with Crippen LogP contribution in [0.25, 0.3) is 0 Å². The summed E-state index contributed by atoms with van der Waals surface area (Å²) in [5.74, 6) is 0.298. The summed E-state index contributed by atoms with van der Waals surface area (Å²) in [6.07, 6.45) is 0.286. The third-order valence-corrected chi connectivity index (χ3v) is 3.71. The Morgan fingerprint density at radius 1 is 1.04 bits per heavy atom. The molecule has 5 heteroatoms. The van der Waals surface area contributed by atoms with Gasteiger partial charge in [0.05, 0.1) is 0 Å². The zero-order valence-electron chi connectivity index (χ0n) is 13.7. The van der Waals surface area contributed by atoms with E-state index in [1.165, 1.54) is 0 Å². The van der Waals surface area contributed by atoms with Gasteiger partial charge in [0.25, 0.3) is 5.91 Å². The molecule has 2 aromatic rings. The normalized spacial score (nSPS) is 11.6. The highest BCUT2D eigenvalue weighted by atomic mass is 35.5. The number of carbonyl (C=O) groups excluding carboxylic acids is 2. The maximum Gasteiger partial charge on any atom is 0.260 e. The Balaban J connectivity index is 2.01. The lowest BCUT2D eigenvalue weighted by Gasteiger charge is -2.14. The lowest BCUT2D eigenvalue weighted by molar-refractivity contribution is -0.127. The average molecular weight is 346 g/mol. The van der Waals surface area contributed by atoms with Gasteiger partial charge in [0.15, 0.2) is 11.9 Å². The Kier molecular flexibility index (Phi) is 6.38. The number of rotatable bonds is 7. The van der Waals surface area contributed by atoms with Crippen LogP contribution in [0.1, 0.15) is 36.2 Å². The average Bonchev–Trinajstić information content (AvgIpc) is 2.60. The molecule has 0 heterocycles. The minimum atomic E-state index is -0.589. The van der Waals surface area contributed by atoms with Crippen LogP contribution in [0.3, 0.4) is 0 Å². The zero-order chi connectivity index (χ0) is 17.5. The van der Waals surface area contributed by atoms with Gasteiger partial charge in [-0.3, -0.25) is 9.59 Å². The van der Waals surface area contributed by atoms with Gasteiger partial charge in [-0.05, 0) is 61.9 Å². The first kappa shape index (κ1) is 18.0. The van der Waals surface area contributed by atoms with Gasteiger partial charge in [-0.2, -0.15) is 0 Å². The highest BCUT2D eigenvalue weighted by Crippen LogP contribution is 2.18. The number of ketones is 1. The Bertz CT molecular complexity index is 696. The fraction of sp³-hybridized carbons (Fsp3) is 0.263. The van der Waals surface area contributed by atoms with Crippen molar-refractivity contribution < 1.29 is 14.3 Å². The first-order chi connectivity index (χ1) is 11.5. The first-order valence-corrected chi connectivity index (χ1v) is 8.23. The molecule has 0 aliphatic heterocycles. The third-order valence-electron chi connectivity index (χ3n) is 3.45. The summed E-state index contributed by atoms with van der Waals surface area (Å²) in [5.41, 5.74) is 1.12. The quantitative estimate of drug-likeness (QED) is 0.775. The molecule has 0 saturated carbocycles. The molecule has 126 valence electrons. The van der Waals surface area contributed by atoms with Crippen molar-refractivity contribution in [2.45, 2.75) is 26.4 Å². The number of carbonyl (C=O) groups is 2. The Morgan fingerprint density at radius 2 is 1.58 bits per heavy atom. The molecule has 0 bridgehead atoms. The van der Waals surface area contributed by atoms with E-state index in [1.807, 2.05) is 6.92 Å². The van der Waals surface area contributed by atoms with Crippen LogP contribution >= 0.6 is 11.6 Å². The summed E-state index contributed by atoms with van der Waals surface area (Å²) in [6, 6.07) is 13.5. The predicted octanol–water partition coefficient (Wildman–Crippen LogP) is 3.86. The van der Waals surface area contributed by atoms with E-state index in [-0.39, 0.29) is 11.7 Å². The van der Waals surface area contributed by atoms with Crippen LogP contribution < -0.4 is 10.1 Å². The maximum absolute atomic E-state index is 12.4. The van der Waals surface area contributed by atoms with Gasteiger partial charge in [-0.1, -0.05) is 18.5 Å². The van der Waals surface area contributed by atoms with Crippen LogP contribution in [-0.4, -0.2) is 24.3 Å². The summed E-state index contributed by atoms with van der Waals surface area (Å²) in [5, 5.41) is 3.37. The van der Waals surface area contributed by atoms with Gasteiger partial charge < -0.3 is 10.1 Å². The van der Waals surface area contributed by atoms with Gasteiger partial charge >= 0.3 is 0 Å². The van der Waals surface area contributed by atoms with Crippen LogP contribution in [0.4, 0.5) is 0 Å². The number of nitrogens with one attached hydrogen (secondary N) is 1. The fourth-order valence-corrected chi connectivity index (χ4v) is 2.23.